The van der Waals surface area contributed by atoms with Gasteiger partial charge in [0, 0.05) is 11.6 Å². The molecule has 5 nitrogen and oxygen atoms in total. The molecule has 0 bridgehead atoms. The third-order valence-electron chi connectivity index (χ3n) is 14.1. The minimum Gasteiger partial charge on any atom is -0.379 e. The summed E-state index contributed by atoms with van der Waals surface area (Å²) < 4.78 is 37.1. The third-order valence-corrected chi connectivity index (χ3v) is 18.3. The number of unbranched alkanes of at least 4 members (excludes halogenated alkanes) is 15. The molecule has 6 heteroatoms. The molecule has 0 N–H and O–H groups in total. The molecule has 1 rings (SSSR count). The zero-order chi connectivity index (χ0) is 41.7. The lowest BCUT2D eigenvalue weighted by atomic mass is 9.87. The first kappa shape index (κ1) is 54.0. The van der Waals surface area contributed by atoms with E-state index in [1.807, 2.05) is 0 Å². The van der Waals surface area contributed by atoms with Crippen LogP contribution in [0.5, 0.6) is 0 Å². The van der Waals surface area contributed by atoms with Crippen molar-refractivity contribution in [1.82, 2.24) is 0 Å². The minimum absolute atomic E-state index is 0.258. The van der Waals surface area contributed by atoms with Gasteiger partial charge in [-0.3, -0.25) is 0 Å². The lowest BCUT2D eigenvalue weighted by Crippen LogP contribution is -2.66. The van der Waals surface area contributed by atoms with Gasteiger partial charge in [-0.25, -0.2) is 0 Å². The summed E-state index contributed by atoms with van der Waals surface area (Å²) in [6, 6.07) is 0. The van der Waals surface area contributed by atoms with Gasteiger partial charge in [0.2, 0.25) is 0 Å². The SMILES string of the molecule is CCCCCCC(CC)(CC)O[Si](OC(CC)(CCCCCC)CCCCCC)(OC(CC)(CCCCCC)CCCCCC)C(C)(CC)CCOCC1CO1. The van der Waals surface area contributed by atoms with Gasteiger partial charge < -0.3 is 22.8 Å². The van der Waals surface area contributed by atoms with Crippen molar-refractivity contribution in [2.24, 2.45) is 0 Å². The Balaban J connectivity index is 4.15. The molecular weight excluding hydrogens is 709 g/mol. The summed E-state index contributed by atoms with van der Waals surface area (Å²) in [5.41, 5.74) is -0.786. The van der Waals surface area contributed by atoms with Crippen molar-refractivity contribution in [2.45, 2.75) is 303 Å². The first-order valence-corrected chi connectivity index (χ1v) is 27.1. The number of hydrogen-bond donors (Lipinski definition) is 0. The molecule has 0 aromatic carbocycles. The monoisotopic (exact) mass is 811 g/mol. The van der Waals surface area contributed by atoms with Gasteiger partial charge in [0.1, 0.15) is 6.10 Å². The van der Waals surface area contributed by atoms with Crippen LogP contribution in [0.4, 0.5) is 0 Å². The van der Waals surface area contributed by atoms with Crippen LogP contribution in [0.1, 0.15) is 275 Å². The van der Waals surface area contributed by atoms with Crippen molar-refractivity contribution in [3.8, 4) is 0 Å². The Labute approximate surface area is 353 Å². The summed E-state index contributed by atoms with van der Waals surface area (Å²) in [7, 11) is -3.55. The zero-order valence-electron chi connectivity index (χ0n) is 40.2. The fourth-order valence-corrected chi connectivity index (χ4v) is 13.5. The number of ether oxygens (including phenoxy) is 2. The molecule has 1 aliphatic heterocycles. The molecular formula is C50H102O5Si. The number of hydrogen-bond acceptors (Lipinski definition) is 5. The minimum atomic E-state index is -3.55. The Morgan fingerprint density at radius 2 is 0.750 bits per heavy atom. The van der Waals surface area contributed by atoms with Crippen LogP contribution in [0.3, 0.4) is 0 Å². The van der Waals surface area contributed by atoms with Gasteiger partial charge in [0.05, 0.1) is 30.0 Å². The van der Waals surface area contributed by atoms with Crippen molar-refractivity contribution < 1.29 is 22.8 Å². The maximum Gasteiger partial charge on any atom is 0.508 e. The van der Waals surface area contributed by atoms with Gasteiger partial charge in [-0.05, 0) is 70.6 Å². The molecule has 0 aliphatic carbocycles. The Hall–Kier alpha value is 0.0169. The van der Waals surface area contributed by atoms with E-state index in [4.69, 9.17) is 22.8 Å². The van der Waals surface area contributed by atoms with Crippen molar-refractivity contribution in [3.63, 3.8) is 0 Å². The molecule has 0 radical (unpaired) electrons. The maximum absolute atomic E-state index is 8.40. The fourth-order valence-electron chi connectivity index (χ4n) is 8.98. The van der Waals surface area contributed by atoms with E-state index in [0.717, 1.165) is 77.2 Å². The summed E-state index contributed by atoms with van der Waals surface area (Å²) in [5.74, 6) is 0. The van der Waals surface area contributed by atoms with Gasteiger partial charge >= 0.3 is 8.80 Å². The van der Waals surface area contributed by atoms with E-state index >= 15 is 0 Å². The smallest absolute Gasteiger partial charge is 0.379 e. The lowest BCUT2D eigenvalue weighted by Gasteiger charge is -2.55. The van der Waals surface area contributed by atoms with Crippen molar-refractivity contribution in [1.29, 1.82) is 0 Å². The number of rotatable bonds is 42. The Bertz CT molecular complexity index is 842. The van der Waals surface area contributed by atoms with Crippen LogP contribution < -0.4 is 0 Å². The van der Waals surface area contributed by atoms with Crippen LogP contribution in [0.15, 0.2) is 0 Å². The molecule has 1 heterocycles. The molecule has 2 unspecified atom stereocenters. The van der Waals surface area contributed by atoms with Crippen molar-refractivity contribution in [3.05, 3.63) is 0 Å². The maximum atomic E-state index is 8.40. The van der Waals surface area contributed by atoms with Crippen molar-refractivity contribution in [2.75, 3.05) is 19.8 Å². The van der Waals surface area contributed by atoms with Crippen molar-refractivity contribution >= 4 is 8.80 Å². The molecule has 2 atom stereocenters. The lowest BCUT2D eigenvalue weighted by molar-refractivity contribution is -0.141. The highest BCUT2D eigenvalue weighted by atomic mass is 28.4. The quantitative estimate of drug-likeness (QED) is 0.0349. The highest BCUT2D eigenvalue weighted by Crippen LogP contribution is 2.55. The first-order valence-electron chi connectivity index (χ1n) is 25.4. The van der Waals surface area contributed by atoms with Gasteiger partial charge in [-0.2, -0.15) is 0 Å². The van der Waals surface area contributed by atoms with Crippen LogP contribution in [0, 0.1) is 0 Å². The van der Waals surface area contributed by atoms with E-state index in [1.165, 1.54) is 128 Å². The molecule has 1 aliphatic rings. The highest BCUT2D eigenvalue weighted by Gasteiger charge is 2.65. The average Bonchev–Trinajstić information content (AvgIpc) is 4.05. The molecule has 336 valence electrons. The normalized spacial score (nSPS) is 16.4. The van der Waals surface area contributed by atoms with E-state index in [9.17, 15) is 0 Å². The van der Waals surface area contributed by atoms with E-state index < -0.39 is 8.80 Å². The highest BCUT2D eigenvalue weighted by molar-refractivity contribution is 6.64. The van der Waals surface area contributed by atoms with Gasteiger partial charge in [0.15, 0.2) is 0 Å². The van der Waals surface area contributed by atoms with Gasteiger partial charge in [-0.1, -0.05) is 205 Å². The molecule has 0 saturated carbocycles. The van der Waals surface area contributed by atoms with E-state index in [1.54, 1.807) is 0 Å². The largest absolute Gasteiger partial charge is 0.508 e. The molecule has 0 amide bonds. The molecule has 1 fully saturated rings. The molecule has 0 aromatic heterocycles. The summed E-state index contributed by atoms with van der Waals surface area (Å²) in [6.45, 7) is 28.4. The molecule has 0 spiro atoms. The second kappa shape index (κ2) is 31.0. The second-order valence-corrected chi connectivity index (χ2v) is 21.5. The molecule has 56 heavy (non-hydrogen) atoms. The standard InChI is InChI=1S/C50H102O5Si/c1-12-22-27-32-37-48(18-7,19-8)53-56(47(11,17-6)42-43-51-44-46-45-52-46,54-49(20-9,38-33-28-23-13-2)39-34-29-24-14-3)55-50(21-10,40-35-30-25-15-4)41-36-31-26-16-5/h46H,12-45H2,1-11H3. The summed E-state index contributed by atoms with van der Waals surface area (Å²) >= 11 is 0. The summed E-state index contributed by atoms with van der Waals surface area (Å²) in [4.78, 5) is 0. The zero-order valence-corrected chi connectivity index (χ0v) is 41.2. The van der Waals surface area contributed by atoms with Gasteiger partial charge in [0.25, 0.3) is 0 Å². The van der Waals surface area contributed by atoms with E-state index in [2.05, 4.69) is 76.2 Å². The second-order valence-electron chi connectivity index (χ2n) is 18.6. The summed E-state index contributed by atoms with van der Waals surface area (Å²) in [6.07, 6.45) is 36.7. The first-order chi connectivity index (χ1) is 27.1. The van der Waals surface area contributed by atoms with Crippen LogP contribution in [0.2, 0.25) is 5.04 Å². The van der Waals surface area contributed by atoms with Gasteiger partial charge in [-0.15, -0.1) is 0 Å². The Kier molecular flexibility index (Phi) is 29.9. The Morgan fingerprint density at radius 1 is 0.429 bits per heavy atom. The van der Waals surface area contributed by atoms with Crippen LogP contribution in [0.25, 0.3) is 0 Å². The number of epoxide rings is 1. The molecule has 1 saturated heterocycles. The fraction of sp³-hybridized carbons (Fsp3) is 1.00. The third kappa shape index (κ3) is 19.6. The predicted molar refractivity (Wildman–Crippen MR) is 246 cm³/mol. The van der Waals surface area contributed by atoms with E-state index in [-0.39, 0.29) is 27.9 Å². The topological polar surface area (TPSA) is 49.5 Å². The van der Waals surface area contributed by atoms with E-state index in [0.29, 0.717) is 13.2 Å². The van der Waals surface area contributed by atoms with Crippen LogP contribution >= 0.6 is 0 Å². The van der Waals surface area contributed by atoms with Crippen LogP contribution in [-0.2, 0) is 22.8 Å². The predicted octanol–water partition coefficient (Wildman–Crippen LogP) is 16.7. The molecule has 0 aromatic rings. The Morgan fingerprint density at radius 3 is 1.04 bits per heavy atom. The summed E-state index contributed by atoms with van der Waals surface area (Å²) in [5, 5.41) is -0.295. The average molecular weight is 811 g/mol. The van der Waals surface area contributed by atoms with Crippen LogP contribution in [-0.4, -0.2) is 51.5 Å².